The predicted molar refractivity (Wildman–Crippen MR) is 108 cm³/mol. The van der Waals surface area contributed by atoms with E-state index in [0.717, 1.165) is 12.8 Å². The van der Waals surface area contributed by atoms with E-state index in [1.54, 1.807) is 24.3 Å². The molecule has 7 nitrogen and oxygen atoms in total. The molecule has 154 valence electrons. The first-order chi connectivity index (χ1) is 14.0. The van der Waals surface area contributed by atoms with Gasteiger partial charge in [-0.25, -0.2) is 4.79 Å². The molecule has 0 aromatic heterocycles. The third kappa shape index (κ3) is 4.99. The van der Waals surface area contributed by atoms with Gasteiger partial charge in [-0.05, 0) is 25.0 Å². The van der Waals surface area contributed by atoms with Gasteiger partial charge >= 0.3 is 5.97 Å². The number of anilines is 1. The Kier molecular flexibility index (Phi) is 6.95. The van der Waals surface area contributed by atoms with Crippen molar-refractivity contribution in [1.29, 1.82) is 0 Å². The topological polar surface area (TPSA) is 83.1 Å². The first-order valence-electron chi connectivity index (χ1n) is 9.14. The third-order valence-corrected chi connectivity index (χ3v) is 4.86. The number of benzene rings is 2. The number of carbonyl (C=O) groups is 2. The number of hydrogen-bond donors (Lipinski definition) is 1. The molecule has 1 N–H and O–H groups in total. The number of carbonyl (C=O) groups excluding carboxylic acids is 2. The highest BCUT2D eigenvalue weighted by Crippen LogP contribution is 2.34. The first kappa shape index (κ1) is 21.0. The molecule has 0 bridgehead atoms. The molecule has 2 aromatic carbocycles. The summed E-state index contributed by atoms with van der Waals surface area (Å²) in [6.45, 7) is 0.808. The molecule has 1 aliphatic rings. The summed E-state index contributed by atoms with van der Waals surface area (Å²) in [5.74, 6) is -0.364. The van der Waals surface area contributed by atoms with E-state index < -0.39 is 11.9 Å². The van der Waals surface area contributed by atoms with Gasteiger partial charge in [0.1, 0.15) is 6.61 Å². The maximum Gasteiger partial charge on any atom is 0.340 e. The lowest BCUT2D eigenvalue weighted by Gasteiger charge is -2.16. The fourth-order valence-corrected chi connectivity index (χ4v) is 3.23. The van der Waals surface area contributed by atoms with Crippen molar-refractivity contribution >= 4 is 29.2 Å². The molecule has 1 unspecified atom stereocenters. The molecule has 3 rings (SSSR count). The predicted octanol–water partition coefficient (Wildman–Crippen LogP) is 3.95. The summed E-state index contributed by atoms with van der Waals surface area (Å²) >= 11 is 6.11. The summed E-state index contributed by atoms with van der Waals surface area (Å²) < 4.78 is 21.4. The second-order valence-corrected chi connectivity index (χ2v) is 6.83. The average molecular weight is 420 g/mol. The first-order valence-corrected chi connectivity index (χ1v) is 9.52. The molecule has 8 heteroatoms. The van der Waals surface area contributed by atoms with Gasteiger partial charge in [0.25, 0.3) is 5.91 Å². The van der Waals surface area contributed by atoms with Crippen LogP contribution in [0.5, 0.6) is 11.5 Å². The molecule has 0 aliphatic carbocycles. The van der Waals surface area contributed by atoms with Crippen LogP contribution in [0.4, 0.5) is 5.69 Å². The van der Waals surface area contributed by atoms with Gasteiger partial charge in [0.15, 0.2) is 11.5 Å². The molecule has 0 saturated carbocycles. The zero-order valence-electron chi connectivity index (χ0n) is 16.2. The highest BCUT2D eigenvalue weighted by molar-refractivity contribution is 6.34. The van der Waals surface area contributed by atoms with Gasteiger partial charge in [-0.3, -0.25) is 4.79 Å². The van der Waals surface area contributed by atoms with Crippen molar-refractivity contribution in [2.24, 2.45) is 0 Å². The van der Waals surface area contributed by atoms with Crippen LogP contribution < -0.4 is 14.8 Å². The zero-order valence-corrected chi connectivity index (χ0v) is 17.0. The van der Waals surface area contributed by atoms with Gasteiger partial charge in [0.2, 0.25) is 0 Å². The zero-order chi connectivity index (χ0) is 20.8. The fraction of sp³-hybridized carbons (Fsp3) is 0.333. The maximum atomic E-state index is 12.7. The number of amides is 1. The summed E-state index contributed by atoms with van der Waals surface area (Å²) in [5, 5.41) is 3.01. The Hall–Kier alpha value is -2.77. The number of ether oxygens (including phenoxy) is 4. The van der Waals surface area contributed by atoms with Gasteiger partial charge in [-0.1, -0.05) is 23.7 Å². The van der Waals surface area contributed by atoms with Crippen molar-refractivity contribution in [2.45, 2.75) is 18.9 Å². The molecule has 1 fully saturated rings. The van der Waals surface area contributed by atoms with E-state index in [1.807, 2.05) is 0 Å². The van der Waals surface area contributed by atoms with Gasteiger partial charge in [0, 0.05) is 18.7 Å². The van der Waals surface area contributed by atoms with E-state index >= 15 is 0 Å². The lowest BCUT2D eigenvalue weighted by molar-refractivity contribution is 0.0162. The fourth-order valence-electron chi connectivity index (χ4n) is 3.01. The number of methoxy groups -OCH3 is 2. The van der Waals surface area contributed by atoms with Crippen LogP contribution in [0.25, 0.3) is 0 Å². The number of nitrogens with one attached hydrogen (secondary N) is 1. The summed E-state index contributed by atoms with van der Waals surface area (Å²) in [6, 6.07) is 9.61. The van der Waals surface area contributed by atoms with Gasteiger partial charge in [0.05, 0.1) is 42.2 Å². The Balaban J connectivity index is 1.87. The lowest BCUT2D eigenvalue weighted by atomic mass is 10.1. The van der Waals surface area contributed by atoms with E-state index in [-0.39, 0.29) is 29.5 Å². The van der Waals surface area contributed by atoms with Crippen molar-refractivity contribution in [3.05, 3.63) is 52.5 Å². The second-order valence-electron chi connectivity index (χ2n) is 6.42. The van der Waals surface area contributed by atoms with Crippen molar-refractivity contribution in [1.82, 2.24) is 0 Å². The number of rotatable bonds is 7. The smallest absolute Gasteiger partial charge is 0.340 e. The third-order valence-electron chi connectivity index (χ3n) is 4.53. The molecule has 1 amide bonds. The maximum absolute atomic E-state index is 12.7. The minimum atomic E-state index is -0.601. The highest BCUT2D eigenvalue weighted by atomic mass is 35.5. The van der Waals surface area contributed by atoms with E-state index in [9.17, 15) is 9.59 Å². The van der Waals surface area contributed by atoms with Crippen LogP contribution in [-0.4, -0.2) is 45.4 Å². The van der Waals surface area contributed by atoms with Gasteiger partial charge in [-0.2, -0.15) is 0 Å². The SMILES string of the molecule is COc1cc(NC(=O)c2ccccc2Cl)c(C(=O)OCC2CCCO2)cc1OC. The van der Waals surface area contributed by atoms with Crippen LogP contribution >= 0.6 is 11.6 Å². The van der Waals surface area contributed by atoms with Crippen LogP contribution in [0.1, 0.15) is 33.6 Å². The summed E-state index contributed by atoms with van der Waals surface area (Å²) in [7, 11) is 2.92. The van der Waals surface area contributed by atoms with Crippen LogP contribution in [0.15, 0.2) is 36.4 Å². The van der Waals surface area contributed by atoms with Crippen LogP contribution in [0.2, 0.25) is 5.02 Å². The quantitative estimate of drug-likeness (QED) is 0.684. The molecule has 1 saturated heterocycles. The minimum Gasteiger partial charge on any atom is -0.493 e. The molecular formula is C21H22ClNO6. The molecule has 1 heterocycles. The summed E-state index contributed by atoms with van der Waals surface area (Å²) in [6.07, 6.45) is 1.67. The van der Waals surface area contributed by atoms with Gasteiger partial charge < -0.3 is 24.3 Å². The van der Waals surface area contributed by atoms with Crippen molar-refractivity contribution in [2.75, 3.05) is 32.8 Å². The Morgan fingerprint density at radius 1 is 1.14 bits per heavy atom. The van der Waals surface area contributed by atoms with Crippen molar-refractivity contribution in [3.8, 4) is 11.5 Å². The second kappa shape index (κ2) is 9.62. The summed E-state index contributed by atoms with van der Waals surface area (Å²) in [4.78, 5) is 25.4. The molecule has 0 radical (unpaired) electrons. The highest BCUT2D eigenvalue weighted by Gasteiger charge is 2.23. The van der Waals surface area contributed by atoms with Gasteiger partial charge in [-0.15, -0.1) is 0 Å². The largest absolute Gasteiger partial charge is 0.493 e. The van der Waals surface area contributed by atoms with E-state index in [4.69, 9.17) is 30.5 Å². The van der Waals surface area contributed by atoms with Crippen LogP contribution in [-0.2, 0) is 9.47 Å². The number of halogens is 1. The van der Waals surface area contributed by atoms with Crippen molar-refractivity contribution < 1.29 is 28.5 Å². The Labute approximate surface area is 173 Å². The van der Waals surface area contributed by atoms with Crippen LogP contribution in [0.3, 0.4) is 0 Å². The van der Waals surface area contributed by atoms with Crippen molar-refractivity contribution in [3.63, 3.8) is 0 Å². The standard InChI is InChI=1S/C21H22ClNO6/c1-26-18-10-15(21(25)29-12-13-6-5-9-28-13)17(11-19(18)27-2)23-20(24)14-7-3-4-8-16(14)22/h3-4,7-8,10-11,13H,5-6,9,12H2,1-2H3,(H,23,24). The van der Waals surface area contributed by atoms with E-state index in [2.05, 4.69) is 5.32 Å². The summed E-state index contributed by atoms with van der Waals surface area (Å²) in [5.41, 5.74) is 0.647. The lowest BCUT2D eigenvalue weighted by Crippen LogP contribution is -2.20. The molecule has 2 aromatic rings. The minimum absolute atomic E-state index is 0.111. The molecule has 0 spiro atoms. The Morgan fingerprint density at radius 3 is 2.52 bits per heavy atom. The van der Waals surface area contributed by atoms with E-state index in [1.165, 1.54) is 26.4 Å². The molecule has 1 atom stereocenters. The Morgan fingerprint density at radius 2 is 1.86 bits per heavy atom. The van der Waals surface area contributed by atoms with Crippen LogP contribution in [0, 0.1) is 0 Å². The van der Waals surface area contributed by atoms with E-state index in [0.29, 0.717) is 23.1 Å². The Bertz CT molecular complexity index is 895. The molecule has 1 aliphatic heterocycles. The number of hydrogen-bond acceptors (Lipinski definition) is 6. The normalized spacial score (nSPS) is 15.6. The monoisotopic (exact) mass is 419 g/mol. The molecule has 29 heavy (non-hydrogen) atoms. The average Bonchev–Trinajstić information content (AvgIpc) is 3.25. The number of esters is 1. The molecular weight excluding hydrogens is 398 g/mol.